The molecule has 447 valence electrons. The molecule has 0 saturated heterocycles. The zero-order valence-corrected chi connectivity index (χ0v) is 46.3. The lowest BCUT2D eigenvalue weighted by Gasteiger charge is -2.21. The number of hydrogen-bond donors (Lipinski definition) is 1. The van der Waals surface area contributed by atoms with Crippen molar-refractivity contribution in [3.05, 3.63) is 256 Å². The fourth-order valence-corrected chi connectivity index (χ4v) is 11.7. The van der Waals surface area contributed by atoms with Crippen molar-refractivity contribution in [2.45, 2.75) is 55.4 Å². The Bertz CT molecular complexity index is 4550. The Kier molecular flexibility index (Phi) is 15.7. The van der Waals surface area contributed by atoms with E-state index < -0.39 is 150 Å². The Morgan fingerprint density at radius 2 is 0.852 bits per heavy atom. The first-order chi connectivity index (χ1) is 41.3. The first-order valence-corrected chi connectivity index (χ1v) is 25.7. The molecule has 4 nitrogen and oxygen atoms in total. The zero-order valence-electron chi connectivity index (χ0n) is 46.3. The van der Waals surface area contributed by atoms with Crippen LogP contribution in [0.1, 0.15) is 83.9 Å². The number of allylic oxidation sites excluding steroid dienone is 4. The third kappa shape index (κ3) is 9.25. The van der Waals surface area contributed by atoms with Gasteiger partial charge in [0.05, 0.1) is 55.9 Å². The van der Waals surface area contributed by atoms with Gasteiger partial charge in [-0.05, 0) is 112 Å². The number of nitrogens with zero attached hydrogens (tertiary/aromatic N) is 3. The largest absolute Gasteiger partial charge is 0.700 e. The lowest BCUT2D eigenvalue weighted by Crippen LogP contribution is -2.33. The highest BCUT2D eigenvalue weighted by molar-refractivity contribution is 6.35. The summed E-state index contributed by atoms with van der Waals surface area (Å²) in [5.74, 6) is -36.4. The van der Waals surface area contributed by atoms with Crippen molar-refractivity contribution in [2.24, 2.45) is 0 Å². The summed E-state index contributed by atoms with van der Waals surface area (Å²) in [5, 5.41) is 0. The van der Waals surface area contributed by atoms with Crippen LogP contribution in [0, 0.1) is 144 Å². The molecule has 3 radical (unpaired) electrons. The van der Waals surface area contributed by atoms with Crippen molar-refractivity contribution in [1.82, 2.24) is 9.46 Å². The predicted octanol–water partition coefficient (Wildman–Crippen LogP) is 16.8. The first kappa shape index (κ1) is 62.0. The van der Waals surface area contributed by atoms with Crippen molar-refractivity contribution in [3.8, 4) is 22.3 Å². The van der Waals surface area contributed by atoms with E-state index in [4.69, 9.17) is 7.98 Å². The summed E-state index contributed by atoms with van der Waals surface area (Å²) < 4.78 is 296. The number of halogens is 20. The van der Waals surface area contributed by atoms with Crippen LogP contribution in [0.3, 0.4) is 0 Å². The predicted molar refractivity (Wildman–Crippen MR) is 286 cm³/mol. The molecule has 26 heteroatoms. The summed E-state index contributed by atoms with van der Waals surface area (Å²) in [6.45, 7) is 10.9. The molecule has 2 aromatic heterocycles. The summed E-state index contributed by atoms with van der Waals surface area (Å²) in [7, 11) is 7.63. The molecule has 0 fully saturated rings. The van der Waals surface area contributed by atoms with Crippen LogP contribution < -0.4 is 0 Å². The third-order valence-electron chi connectivity index (χ3n) is 15.6. The van der Waals surface area contributed by atoms with Crippen LogP contribution in [-0.2, 0) is 0 Å². The molecular weight excluding hydrogens is 1200 g/mol. The highest BCUT2D eigenvalue weighted by Gasteiger charge is 2.48. The van der Waals surface area contributed by atoms with Gasteiger partial charge in [-0.15, -0.1) is 0 Å². The SMILES string of the molecule is CC1=C(c2cc(F)c(F)c(F)c2)C(C)=[N+]2[B]n3c(C)c(-c4cc(F)c(F)c(F)c4)c(C)c3C(c3c(F)c(F)c(F)c(F)c3F)=C12.[B][N+]1=C(C)C(c2c(F)cccc2F)=C(C)/C1=C(/c1[nH]c(C)c(-c2c(F)cccc2F)c1C)c1c(F)c(F)c(F)c(F)c1F. The summed E-state index contributed by atoms with van der Waals surface area (Å²) >= 11 is 0. The van der Waals surface area contributed by atoms with Gasteiger partial charge < -0.3 is 9.46 Å². The van der Waals surface area contributed by atoms with E-state index in [1.807, 2.05) is 0 Å². The Morgan fingerprint density at radius 1 is 0.420 bits per heavy atom. The Labute approximate surface area is 487 Å². The molecule has 3 aliphatic heterocycles. The van der Waals surface area contributed by atoms with Gasteiger partial charge in [0, 0.05) is 47.5 Å². The van der Waals surface area contributed by atoms with E-state index >= 15 is 17.6 Å². The van der Waals surface area contributed by atoms with E-state index in [9.17, 15) is 70.2 Å². The van der Waals surface area contributed by atoms with Gasteiger partial charge in [0.1, 0.15) is 23.3 Å². The van der Waals surface area contributed by atoms with E-state index in [0.29, 0.717) is 24.3 Å². The van der Waals surface area contributed by atoms with Crippen LogP contribution in [0.4, 0.5) is 87.8 Å². The van der Waals surface area contributed by atoms with E-state index in [2.05, 4.69) is 4.98 Å². The van der Waals surface area contributed by atoms with Crippen LogP contribution in [0.15, 0.2) is 83.2 Å². The van der Waals surface area contributed by atoms with Crippen LogP contribution in [0.5, 0.6) is 0 Å². The molecule has 0 unspecified atom stereocenters. The number of aromatic nitrogens is 2. The molecule has 0 bridgehead atoms. The Morgan fingerprint density at radius 3 is 1.33 bits per heavy atom. The van der Waals surface area contributed by atoms with Gasteiger partial charge >= 0.3 is 15.5 Å². The molecule has 3 aliphatic rings. The third-order valence-corrected chi connectivity index (χ3v) is 15.6. The molecule has 1 N–H and O–H groups in total. The molecule has 0 amide bonds. The maximum absolute atomic E-state index is 15.5. The summed E-state index contributed by atoms with van der Waals surface area (Å²) in [4.78, 5) is 2.76. The zero-order chi connectivity index (χ0) is 64.6. The average Bonchev–Trinajstić information content (AvgIpc) is 1.57. The van der Waals surface area contributed by atoms with Gasteiger partial charge in [0.2, 0.25) is 11.6 Å². The molecule has 0 spiro atoms. The van der Waals surface area contributed by atoms with E-state index in [-0.39, 0.29) is 101 Å². The van der Waals surface area contributed by atoms with Crippen molar-refractivity contribution >= 4 is 49.2 Å². The minimum atomic E-state index is -2.42. The molecule has 5 heterocycles. The maximum atomic E-state index is 15.5. The molecule has 0 atom stereocenters. The topological polar surface area (TPSA) is 26.7 Å². The monoisotopic (exact) mass is 1240 g/mol. The smallest absolute Gasteiger partial charge is 0.358 e. The molecule has 8 aromatic rings. The lowest BCUT2D eigenvalue weighted by molar-refractivity contribution is -0.315. The normalized spacial score (nSPS) is 14.6. The standard InChI is InChI=1S/C31H16BF11N2.C31H19BF9N2/c1-9-19(13-5-15(33)23(37)16(34)6-13)11(3)44-30(9)22(21-25(39)27(41)29(43)28(42)26(21)40)31-10(2)20(12(4)45(31)32-44)14-7-17(35)24(38)18(36)8-14;1-11-19(21-15(33)7-5-8-16(21)34)13(3)42-30(11)24(23-25(37)27(39)29(41)28(40)26(23)38)31-12(2)20(14(4)43(31)32)22-17(35)9-6-10-18(22)36/h5-8H,1-4H3;5-10,42H,1-4H3/q2*+1. The number of rotatable bonds is 7. The van der Waals surface area contributed by atoms with Crippen molar-refractivity contribution in [3.63, 3.8) is 0 Å². The number of aromatic amines is 1. The number of hydrogen-bond acceptors (Lipinski definition) is 0. The molecular formula is C62H35B2F20N4+2. The number of benzene rings is 6. The second kappa shape index (κ2) is 22.3. The Hall–Kier alpha value is -9.09. The van der Waals surface area contributed by atoms with Gasteiger partial charge in [-0.3, -0.25) is 8.97 Å². The van der Waals surface area contributed by atoms with Crippen molar-refractivity contribution in [2.75, 3.05) is 0 Å². The highest BCUT2D eigenvalue weighted by atomic mass is 19.2. The Balaban J connectivity index is 0.000000195. The summed E-state index contributed by atoms with van der Waals surface area (Å²) in [5.41, 5.74) is -6.28. The van der Waals surface area contributed by atoms with E-state index in [1.54, 1.807) is 0 Å². The van der Waals surface area contributed by atoms with E-state index in [0.717, 1.165) is 40.9 Å². The molecule has 88 heavy (non-hydrogen) atoms. The first-order valence-electron chi connectivity index (χ1n) is 25.7. The quantitative estimate of drug-likeness (QED) is 0.0713. The number of H-pyrrole nitrogens is 1. The number of aryl methyl sites for hydroxylation is 1. The minimum Gasteiger partial charge on any atom is -0.358 e. The van der Waals surface area contributed by atoms with Crippen LogP contribution >= 0.6 is 0 Å². The van der Waals surface area contributed by atoms with Gasteiger partial charge in [0.15, 0.2) is 104 Å². The lowest BCUT2D eigenvalue weighted by atomic mass is 9.87. The maximum Gasteiger partial charge on any atom is 0.700 e. The van der Waals surface area contributed by atoms with Gasteiger partial charge in [-0.2, -0.15) is 0 Å². The minimum absolute atomic E-state index is 0.0285. The second-order valence-electron chi connectivity index (χ2n) is 20.5. The highest BCUT2D eigenvalue weighted by Crippen LogP contribution is 2.49. The second-order valence-corrected chi connectivity index (χ2v) is 20.5. The van der Waals surface area contributed by atoms with Gasteiger partial charge in [-0.25, -0.2) is 87.8 Å². The van der Waals surface area contributed by atoms with E-state index in [1.165, 1.54) is 71.9 Å². The fraction of sp³-hybridized carbons (Fsp3) is 0.129. The number of nitrogens with one attached hydrogen (secondary N) is 1. The number of fused-ring (bicyclic) bond motifs is 2. The van der Waals surface area contributed by atoms with Crippen LogP contribution in [0.25, 0.3) is 44.5 Å². The average molecular weight is 1240 g/mol. The van der Waals surface area contributed by atoms with Crippen LogP contribution in [-0.4, -0.2) is 45.4 Å². The molecule has 0 aliphatic carbocycles. The molecule has 11 rings (SSSR count). The van der Waals surface area contributed by atoms with Crippen molar-refractivity contribution in [1.29, 1.82) is 0 Å². The molecule has 6 aromatic carbocycles. The van der Waals surface area contributed by atoms with Crippen LogP contribution in [0.2, 0.25) is 0 Å². The van der Waals surface area contributed by atoms with Gasteiger partial charge in [0.25, 0.3) is 0 Å². The summed E-state index contributed by atoms with van der Waals surface area (Å²) in [6.07, 6.45) is 0. The van der Waals surface area contributed by atoms with Crippen molar-refractivity contribution < 1.29 is 96.8 Å². The fourth-order valence-electron chi connectivity index (χ4n) is 11.7. The van der Waals surface area contributed by atoms with Gasteiger partial charge in [-0.1, -0.05) is 12.1 Å². The molecule has 0 saturated carbocycles. The summed E-state index contributed by atoms with van der Waals surface area (Å²) in [6, 6.07) is 8.86.